The monoisotopic (exact) mass is 406 g/mol. The van der Waals surface area contributed by atoms with Crippen molar-refractivity contribution in [3.05, 3.63) is 29.3 Å². The predicted molar refractivity (Wildman–Crippen MR) is 107 cm³/mol. The van der Waals surface area contributed by atoms with Gasteiger partial charge in [-0.15, -0.1) is 0 Å². The number of hydrogen-bond acceptors (Lipinski definition) is 5. The molecule has 1 aromatic carbocycles. The molecule has 2 fully saturated rings. The number of carbonyl (C=O) groups excluding carboxylic acids is 1. The zero-order chi connectivity index (χ0) is 19.9. The van der Waals surface area contributed by atoms with E-state index in [0.717, 1.165) is 50.5 Å². The number of ketones is 1. The molecular weight excluding hydrogens is 376 g/mol. The van der Waals surface area contributed by atoms with Crippen LogP contribution >= 0.6 is 0 Å². The van der Waals surface area contributed by atoms with Crippen LogP contribution in [0.2, 0.25) is 0 Å². The van der Waals surface area contributed by atoms with Gasteiger partial charge in [-0.25, -0.2) is 0 Å². The van der Waals surface area contributed by atoms with Crippen LogP contribution in [0.3, 0.4) is 0 Å². The van der Waals surface area contributed by atoms with Gasteiger partial charge >= 0.3 is 0 Å². The lowest BCUT2D eigenvalue weighted by atomic mass is 9.55. The Morgan fingerprint density at radius 2 is 1.96 bits per heavy atom. The summed E-state index contributed by atoms with van der Waals surface area (Å²) >= 11 is 0. The van der Waals surface area contributed by atoms with Crippen LogP contribution in [0.1, 0.15) is 62.5 Å². The van der Waals surface area contributed by atoms with Crippen LogP contribution in [0.4, 0.5) is 0 Å². The highest BCUT2D eigenvalue weighted by Gasteiger charge is 2.54. The SMILES string of the molecule is C[C@]12CC[C@@H]3c4ccc(OCCCOS(C)(=O)=O)cc4CC[C@H]3[C@@H]1CCC2=O. The lowest BCUT2D eigenvalue weighted by Gasteiger charge is -2.48. The predicted octanol–water partition coefficient (Wildman–Crippen LogP) is 3.86. The van der Waals surface area contributed by atoms with Crippen molar-refractivity contribution < 1.29 is 22.1 Å². The lowest BCUT2D eigenvalue weighted by molar-refractivity contribution is -0.129. The molecule has 0 aromatic heterocycles. The van der Waals surface area contributed by atoms with Gasteiger partial charge in [0.2, 0.25) is 0 Å². The molecule has 0 bridgehead atoms. The first kappa shape index (κ1) is 19.9. The number of aryl methyl sites for hydroxylation is 1. The number of ether oxygens (including phenoxy) is 1. The highest BCUT2D eigenvalue weighted by molar-refractivity contribution is 7.85. The van der Waals surface area contributed by atoms with E-state index in [1.165, 1.54) is 11.1 Å². The van der Waals surface area contributed by atoms with Crippen molar-refractivity contribution in [2.24, 2.45) is 17.3 Å². The second-order valence-corrected chi connectivity index (χ2v) is 10.6. The quantitative estimate of drug-likeness (QED) is 0.530. The summed E-state index contributed by atoms with van der Waals surface area (Å²) in [7, 11) is -3.38. The van der Waals surface area contributed by atoms with Crippen molar-refractivity contribution in [3.8, 4) is 5.75 Å². The molecule has 4 rings (SSSR count). The van der Waals surface area contributed by atoms with Crippen molar-refractivity contribution in [1.82, 2.24) is 0 Å². The molecule has 2 saturated carbocycles. The first-order chi connectivity index (χ1) is 13.3. The minimum Gasteiger partial charge on any atom is -0.493 e. The van der Waals surface area contributed by atoms with Gasteiger partial charge in [0, 0.05) is 18.3 Å². The number of carbonyl (C=O) groups is 1. The summed E-state index contributed by atoms with van der Waals surface area (Å²) in [5, 5.41) is 0. The fourth-order valence-electron chi connectivity index (χ4n) is 5.88. The molecule has 0 N–H and O–H groups in total. The fraction of sp³-hybridized carbons (Fsp3) is 0.682. The molecule has 154 valence electrons. The molecule has 0 unspecified atom stereocenters. The number of rotatable bonds is 6. The standard InChI is InChI=1S/C22H30O5S/c1-22-11-10-18-17-7-5-16(26-12-3-13-27-28(2,24)25)14-15(17)4-6-19(18)20(22)8-9-21(22)23/h5,7,14,18-20H,3-4,6,8-13H2,1-2H3/t18-,19-,20+,22+/m1/s1. The van der Waals surface area contributed by atoms with Crippen LogP contribution in [0, 0.1) is 17.3 Å². The van der Waals surface area contributed by atoms with E-state index >= 15 is 0 Å². The maximum absolute atomic E-state index is 12.4. The Kier molecular flexibility index (Phi) is 5.29. The molecule has 0 radical (unpaired) electrons. The Morgan fingerprint density at radius 3 is 2.75 bits per heavy atom. The van der Waals surface area contributed by atoms with Crippen molar-refractivity contribution >= 4 is 15.9 Å². The van der Waals surface area contributed by atoms with Crippen molar-refractivity contribution in [3.63, 3.8) is 0 Å². The molecule has 3 aliphatic rings. The average molecular weight is 407 g/mol. The van der Waals surface area contributed by atoms with E-state index in [1.54, 1.807) is 0 Å². The van der Waals surface area contributed by atoms with Crippen molar-refractivity contribution in [2.45, 2.75) is 57.8 Å². The van der Waals surface area contributed by atoms with Crippen LogP contribution in [-0.4, -0.2) is 33.7 Å². The van der Waals surface area contributed by atoms with Crippen molar-refractivity contribution in [2.75, 3.05) is 19.5 Å². The third-order valence-electron chi connectivity index (χ3n) is 7.26. The molecule has 0 saturated heterocycles. The maximum atomic E-state index is 12.4. The largest absolute Gasteiger partial charge is 0.493 e. The summed E-state index contributed by atoms with van der Waals surface area (Å²) in [4.78, 5) is 12.4. The summed E-state index contributed by atoms with van der Waals surface area (Å²) in [5.41, 5.74) is 2.75. The van der Waals surface area contributed by atoms with Gasteiger partial charge in [0.1, 0.15) is 11.5 Å². The van der Waals surface area contributed by atoms with E-state index in [9.17, 15) is 13.2 Å². The first-order valence-electron chi connectivity index (χ1n) is 10.4. The van der Waals surface area contributed by atoms with Crippen LogP contribution in [0.5, 0.6) is 5.75 Å². The fourth-order valence-corrected chi connectivity index (χ4v) is 6.30. The molecule has 3 aliphatic carbocycles. The van der Waals surface area contributed by atoms with Gasteiger partial charge in [-0.2, -0.15) is 8.42 Å². The third kappa shape index (κ3) is 3.73. The van der Waals surface area contributed by atoms with Gasteiger partial charge in [0.05, 0.1) is 19.5 Å². The third-order valence-corrected chi connectivity index (χ3v) is 7.86. The second kappa shape index (κ2) is 7.45. The Morgan fingerprint density at radius 1 is 1.14 bits per heavy atom. The molecule has 4 atom stereocenters. The zero-order valence-electron chi connectivity index (χ0n) is 16.8. The highest BCUT2D eigenvalue weighted by atomic mass is 32.2. The molecule has 6 heteroatoms. The Bertz CT molecular complexity index is 862. The molecule has 0 heterocycles. The van der Waals surface area contributed by atoms with E-state index in [0.29, 0.717) is 36.6 Å². The Hall–Kier alpha value is -1.40. The Balaban J connectivity index is 1.40. The summed E-state index contributed by atoms with van der Waals surface area (Å²) in [6, 6.07) is 6.40. The molecule has 0 spiro atoms. The Labute approximate surface area is 167 Å². The smallest absolute Gasteiger partial charge is 0.264 e. The van der Waals surface area contributed by atoms with Gasteiger partial charge in [-0.1, -0.05) is 13.0 Å². The lowest BCUT2D eigenvalue weighted by Crippen LogP contribution is -2.42. The summed E-state index contributed by atoms with van der Waals surface area (Å²) in [6.45, 7) is 2.79. The van der Waals surface area contributed by atoms with E-state index in [-0.39, 0.29) is 12.0 Å². The maximum Gasteiger partial charge on any atom is 0.264 e. The topological polar surface area (TPSA) is 69.7 Å². The summed E-state index contributed by atoms with van der Waals surface area (Å²) in [5.74, 6) is 3.10. The summed E-state index contributed by atoms with van der Waals surface area (Å²) in [6.07, 6.45) is 7.77. The molecule has 0 amide bonds. The van der Waals surface area contributed by atoms with Crippen LogP contribution in [-0.2, 0) is 25.5 Å². The van der Waals surface area contributed by atoms with Gasteiger partial charge < -0.3 is 4.74 Å². The average Bonchev–Trinajstić information content (AvgIpc) is 2.95. The van der Waals surface area contributed by atoms with E-state index in [2.05, 4.69) is 19.1 Å². The van der Waals surface area contributed by atoms with Gasteiger partial charge in [0.25, 0.3) is 10.1 Å². The van der Waals surface area contributed by atoms with E-state index in [4.69, 9.17) is 8.92 Å². The number of benzene rings is 1. The zero-order valence-corrected chi connectivity index (χ0v) is 17.6. The van der Waals surface area contributed by atoms with E-state index in [1.807, 2.05) is 6.07 Å². The van der Waals surface area contributed by atoms with Gasteiger partial charge in [-0.3, -0.25) is 8.98 Å². The first-order valence-corrected chi connectivity index (χ1v) is 12.2. The van der Waals surface area contributed by atoms with Crippen LogP contribution in [0.25, 0.3) is 0 Å². The number of Topliss-reactive ketones (excluding diaryl/α,β-unsaturated/α-hetero) is 1. The normalized spacial score (nSPS) is 31.8. The van der Waals surface area contributed by atoms with Gasteiger partial charge in [0.15, 0.2) is 0 Å². The highest BCUT2D eigenvalue weighted by Crippen LogP contribution is 2.59. The second-order valence-electron chi connectivity index (χ2n) is 8.92. The molecular formula is C22H30O5S. The molecule has 0 aliphatic heterocycles. The van der Waals surface area contributed by atoms with E-state index < -0.39 is 10.1 Å². The van der Waals surface area contributed by atoms with Gasteiger partial charge in [-0.05, 0) is 73.1 Å². The minimum absolute atomic E-state index is 0.0736. The van der Waals surface area contributed by atoms with Crippen molar-refractivity contribution in [1.29, 1.82) is 0 Å². The number of fused-ring (bicyclic) bond motifs is 5. The molecule has 5 nitrogen and oxygen atoms in total. The minimum atomic E-state index is -3.38. The molecule has 1 aromatic rings. The van der Waals surface area contributed by atoms with Crippen LogP contribution in [0.15, 0.2) is 18.2 Å². The van der Waals surface area contributed by atoms with Crippen LogP contribution < -0.4 is 4.74 Å². The number of hydrogen-bond donors (Lipinski definition) is 0. The summed E-state index contributed by atoms with van der Waals surface area (Å²) < 4.78 is 32.5. The molecule has 28 heavy (non-hydrogen) atoms.